The standard InChI is InChI=1S/C16H23N3O/c17-15-8-4-7-13-10-19(11-14(13)15)16(20)18-9-12-5-2-1-3-6-12/h1-3,5-6,13-15H,4,7-11,17H2,(H,18,20). The number of nitrogens with one attached hydrogen (secondary N) is 1. The van der Waals surface area contributed by atoms with E-state index in [9.17, 15) is 4.79 Å². The van der Waals surface area contributed by atoms with E-state index in [1.165, 1.54) is 12.8 Å². The summed E-state index contributed by atoms with van der Waals surface area (Å²) < 4.78 is 0. The average molecular weight is 273 g/mol. The van der Waals surface area contributed by atoms with Gasteiger partial charge in [0.25, 0.3) is 0 Å². The summed E-state index contributed by atoms with van der Waals surface area (Å²) >= 11 is 0. The third-order valence-corrected chi connectivity index (χ3v) is 4.73. The molecule has 0 aromatic heterocycles. The highest BCUT2D eigenvalue weighted by Crippen LogP contribution is 2.35. The number of hydrogen-bond donors (Lipinski definition) is 2. The zero-order chi connectivity index (χ0) is 13.9. The number of nitrogens with two attached hydrogens (primary N) is 1. The maximum Gasteiger partial charge on any atom is 0.317 e. The third kappa shape index (κ3) is 2.80. The number of carbonyl (C=O) groups excluding carboxylic acids is 1. The summed E-state index contributed by atoms with van der Waals surface area (Å²) in [7, 11) is 0. The number of rotatable bonds is 2. The van der Waals surface area contributed by atoms with Crippen molar-refractivity contribution < 1.29 is 4.79 Å². The van der Waals surface area contributed by atoms with Crippen molar-refractivity contribution in [1.29, 1.82) is 0 Å². The number of carbonyl (C=O) groups is 1. The lowest BCUT2D eigenvalue weighted by Gasteiger charge is -2.29. The fraction of sp³-hybridized carbons (Fsp3) is 0.562. The van der Waals surface area contributed by atoms with E-state index < -0.39 is 0 Å². The summed E-state index contributed by atoms with van der Waals surface area (Å²) in [5, 5.41) is 3.01. The molecule has 4 nitrogen and oxygen atoms in total. The van der Waals surface area contributed by atoms with Gasteiger partial charge in [0.05, 0.1) is 0 Å². The van der Waals surface area contributed by atoms with E-state index in [0.29, 0.717) is 18.4 Å². The van der Waals surface area contributed by atoms with Crippen LogP contribution >= 0.6 is 0 Å². The summed E-state index contributed by atoms with van der Waals surface area (Å²) in [5.74, 6) is 1.12. The summed E-state index contributed by atoms with van der Waals surface area (Å²) in [6.45, 7) is 2.29. The maximum absolute atomic E-state index is 12.2. The summed E-state index contributed by atoms with van der Waals surface area (Å²) in [5.41, 5.74) is 7.32. The van der Waals surface area contributed by atoms with E-state index >= 15 is 0 Å². The monoisotopic (exact) mass is 273 g/mol. The zero-order valence-corrected chi connectivity index (χ0v) is 11.8. The Kier molecular flexibility index (Phi) is 3.92. The predicted molar refractivity (Wildman–Crippen MR) is 79.1 cm³/mol. The molecule has 108 valence electrons. The number of benzene rings is 1. The molecule has 4 heteroatoms. The van der Waals surface area contributed by atoms with Gasteiger partial charge in [-0.05, 0) is 30.2 Å². The van der Waals surface area contributed by atoms with Gasteiger partial charge in [-0.15, -0.1) is 0 Å². The lowest BCUT2D eigenvalue weighted by Crippen LogP contribution is -2.40. The Labute approximate surface area is 120 Å². The Morgan fingerprint density at radius 1 is 1.25 bits per heavy atom. The molecule has 3 unspecified atom stereocenters. The quantitative estimate of drug-likeness (QED) is 0.865. The Bertz CT molecular complexity index is 462. The highest BCUT2D eigenvalue weighted by molar-refractivity contribution is 5.74. The molecule has 3 N–H and O–H groups in total. The summed E-state index contributed by atoms with van der Waals surface area (Å²) in [6, 6.07) is 10.4. The molecule has 1 saturated heterocycles. The van der Waals surface area contributed by atoms with Gasteiger partial charge in [-0.25, -0.2) is 4.79 Å². The number of fused-ring (bicyclic) bond motifs is 1. The SMILES string of the molecule is NC1CCCC2CN(C(=O)NCc3ccccc3)CC12. The molecule has 2 amide bonds. The van der Waals surface area contributed by atoms with Crippen LogP contribution in [0, 0.1) is 11.8 Å². The van der Waals surface area contributed by atoms with Crippen molar-refractivity contribution in [2.24, 2.45) is 17.6 Å². The Morgan fingerprint density at radius 2 is 2.05 bits per heavy atom. The second-order valence-electron chi connectivity index (χ2n) is 6.07. The van der Waals surface area contributed by atoms with Crippen molar-refractivity contribution in [3.05, 3.63) is 35.9 Å². The molecule has 3 rings (SSSR count). The molecule has 2 aliphatic rings. The molecule has 1 aromatic carbocycles. The van der Waals surface area contributed by atoms with Crippen LogP contribution in [0.15, 0.2) is 30.3 Å². The second kappa shape index (κ2) is 5.83. The Balaban J connectivity index is 1.53. The van der Waals surface area contributed by atoms with E-state index in [1.807, 2.05) is 35.2 Å². The van der Waals surface area contributed by atoms with Gasteiger partial charge in [-0.3, -0.25) is 0 Å². The smallest absolute Gasteiger partial charge is 0.317 e. The maximum atomic E-state index is 12.2. The van der Waals surface area contributed by atoms with Crippen molar-refractivity contribution in [3.8, 4) is 0 Å². The van der Waals surface area contributed by atoms with Gasteiger partial charge in [-0.1, -0.05) is 36.8 Å². The van der Waals surface area contributed by atoms with Crippen molar-refractivity contribution in [2.45, 2.75) is 31.8 Å². The molecule has 1 aromatic rings. The first-order chi connectivity index (χ1) is 9.74. The first-order valence-electron chi connectivity index (χ1n) is 7.56. The molecule has 1 saturated carbocycles. The van der Waals surface area contributed by atoms with Gasteiger partial charge >= 0.3 is 6.03 Å². The van der Waals surface area contributed by atoms with Crippen LogP contribution in [0.4, 0.5) is 4.79 Å². The van der Waals surface area contributed by atoms with Crippen molar-refractivity contribution in [1.82, 2.24) is 10.2 Å². The van der Waals surface area contributed by atoms with E-state index in [-0.39, 0.29) is 12.1 Å². The molecule has 1 aliphatic heterocycles. The zero-order valence-electron chi connectivity index (χ0n) is 11.8. The second-order valence-corrected chi connectivity index (χ2v) is 6.07. The molecule has 3 atom stereocenters. The van der Waals surface area contributed by atoms with Gasteiger partial charge in [-0.2, -0.15) is 0 Å². The van der Waals surface area contributed by atoms with Gasteiger partial charge in [0, 0.05) is 25.7 Å². The first-order valence-corrected chi connectivity index (χ1v) is 7.56. The minimum Gasteiger partial charge on any atom is -0.334 e. The highest BCUT2D eigenvalue weighted by Gasteiger charge is 2.40. The topological polar surface area (TPSA) is 58.4 Å². The normalized spacial score (nSPS) is 29.1. The van der Waals surface area contributed by atoms with Crippen LogP contribution in [0.25, 0.3) is 0 Å². The molecular weight excluding hydrogens is 250 g/mol. The minimum absolute atomic E-state index is 0.0513. The summed E-state index contributed by atoms with van der Waals surface area (Å²) in [6.07, 6.45) is 3.54. The fourth-order valence-electron chi connectivity index (χ4n) is 3.57. The van der Waals surface area contributed by atoms with Crippen LogP contribution < -0.4 is 11.1 Å². The number of amides is 2. The van der Waals surface area contributed by atoms with Gasteiger partial charge in [0.2, 0.25) is 0 Å². The van der Waals surface area contributed by atoms with Crippen molar-refractivity contribution >= 4 is 6.03 Å². The molecule has 0 radical (unpaired) electrons. The Morgan fingerprint density at radius 3 is 2.80 bits per heavy atom. The van der Waals surface area contributed by atoms with E-state index in [1.54, 1.807) is 0 Å². The predicted octanol–water partition coefficient (Wildman–Crippen LogP) is 1.96. The highest BCUT2D eigenvalue weighted by atomic mass is 16.2. The summed E-state index contributed by atoms with van der Waals surface area (Å²) in [4.78, 5) is 14.2. The van der Waals surface area contributed by atoms with Gasteiger partial charge in [0.15, 0.2) is 0 Å². The Hall–Kier alpha value is -1.55. The van der Waals surface area contributed by atoms with Crippen LogP contribution in [0.1, 0.15) is 24.8 Å². The number of urea groups is 1. The van der Waals surface area contributed by atoms with Crippen molar-refractivity contribution in [3.63, 3.8) is 0 Å². The fourth-order valence-corrected chi connectivity index (χ4v) is 3.57. The van der Waals surface area contributed by atoms with Crippen LogP contribution in [0.3, 0.4) is 0 Å². The van der Waals surface area contributed by atoms with Crippen LogP contribution in [0.2, 0.25) is 0 Å². The largest absolute Gasteiger partial charge is 0.334 e. The first kappa shape index (κ1) is 13.4. The molecule has 0 spiro atoms. The van der Waals surface area contributed by atoms with Crippen LogP contribution in [0.5, 0.6) is 0 Å². The van der Waals surface area contributed by atoms with Gasteiger partial charge < -0.3 is 16.0 Å². The molecule has 0 bridgehead atoms. The molecule has 1 heterocycles. The number of likely N-dealkylation sites (tertiary alicyclic amines) is 1. The third-order valence-electron chi connectivity index (χ3n) is 4.73. The van der Waals surface area contributed by atoms with Crippen molar-refractivity contribution in [2.75, 3.05) is 13.1 Å². The molecule has 1 aliphatic carbocycles. The number of nitrogens with zero attached hydrogens (tertiary/aromatic N) is 1. The van der Waals surface area contributed by atoms with Crippen LogP contribution in [-0.4, -0.2) is 30.1 Å². The molecule has 2 fully saturated rings. The number of hydrogen-bond acceptors (Lipinski definition) is 2. The lowest BCUT2D eigenvalue weighted by atomic mass is 9.78. The van der Waals surface area contributed by atoms with Gasteiger partial charge in [0.1, 0.15) is 0 Å². The molecule has 20 heavy (non-hydrogen) atoms. The van der Waals surface area contributed by atoms with E-state index in [4.69, 9.17) is 5.73 Å². The minimum atomic E-state index is 0.0513. The van der Waals surface area contributed by atoms with Crippen LogP contribution in [-0.2, 0) is 6.54 Å². The molecular formula is C16H23N3O. The van der Waals surface area contributed by atoms with E-state index in [2.05, 4.69) is 5.32 Å². The van der Waals surface area contributed by atoms with E-state index in [0.717, 1.165) is 25.1 Å². The average Bonchev–Trinajstić information content (AvgIpc) is 2.91. The lowest BCUT2D eigenvalue weighted by molar-refractivity contribution is 0.205.